The molecule has 0 aliphatic heterocycles. The van der Waals surface area contributed by atoms with E-state index in [1.165, 1.54) is 6.33 Å². The number of amides is 1. The summed E-state index contributed by atoms with van der Waals surface area (Å²) >= 11 is 0. The third-order valence-electron chi connectivity index (χ3n) is 2.80. The molecule has 110 valence electrons. The lowest BCUT2D eigenvalue weighted by molar-refractivity contribution is -0.122. The Labute approximate surface area is 123 Å². The molecular formula is C15H18N4O2. The van der Waals surface area contributed by atoms with Crippen LogP contribution in [-0.4, -0.2) is 36.1 Å². The molecule has 1 heterocycles. The van der Waals surface area contributed by atoms with Crippen molar-refractivity contribution in [1.82, 2.24) is 9.97 Å². The highest BCUT2D eigenvalue weighted by atomic mass is 16.5. The second-order valence-electron chi connectivity index (χ2n) is 4.72. The molecule has 1 aromatic carbocycles. The Morgan fingerprint density at radius 3 is 2.67 bits per heavy atom. The topological polar surface area (TPSA) is 67.3 Å². The van der Waals surface area contributed by atoms with Gasteiger partial charge in [-0.1, -0.05) is 18.2 Å². The zero-order valence-corrected chi connectivity index (χ0v) is 12.3. The Kier molecular flexibility index (Phi) is 4.71. The van der Waals surface area contributed by atoms with Gasteiger partial charge in [-0.05, 0) is 19.1 Å². The first-order valence-electron chi connectivity index (χ1n) is 6.58. The van der Waals surface area contributed by atoms with Crippen molar-refractivity contribution in [3.8, 4) is 5.75 Å². The van der Waals surface area contributed by atoms with Gasteiger partial charge in [-0.2, -0.15) is 0 Å². The van der Waals surface area contributed by atoms with Gasteiger partial charge in [0.1, 0.15) is 17.8 Å². The Hall–Kier alpha value is -2.63. The maximum atomic E-state index is 12.2. The lowest BCUT2D eigenvalue weighted by atomic mass is 10.3. The normalized spacial score (nSPS) is 11.6. The Morgan fingerprint density at radius 2 is 2.00 bits per heavy atom. The minimum atomic E-state index is -0.623. The molecule has 0 aliphatic carbocycles. The Bertz CT molecular complexity index is 602. The van der Waals surface area contributed by atoms with E-state index in [2.05, 4.69) is 15.3 Å². The smallest absolute Gasteiger partial charge is 0.265 e. The van der Waals surface area contributed by atoms with Crippen LogP contribution < -0.4 is 15.0 Å². The van der Waals surface area contributed by atoms with Crippen molar-refractivity contribution in [3.63, 3.8) is 0 Å². The fourth-order valence-corrected chi connectivity index (χ4v) is 1.76. The molecule has 0 unspecified atom stereocenters. The zero-order valence-electron chi connectivity index (χ0n) is 12.3. The van der Waals surface area contributed by atoms with Gasteiger partial charge in [0.2, 0.25) is 0 Å². The third-order valence-corrected chi connectivity index (χ3v) is 2.80. The quantitative estimate of drug-likeness (QED) is 0.910. The largest absolute Gasteiger partial charge is 0.481 e. The van der Waals surface area contributed by atoms with E-state index in [4.69, 9.17) is 4.74 Å². The SMILES string of the molecule is C[C@@H](Oc1ccccc1)C(=O)Nc1cncnc1N(C)C. The highest BCUT2D eigenvalue weighted by Gasteiger charge is 2.17. The Balaban J connectivity index is 2.04. The van der Waals surface area contributed by atoms with Gasteiger partial charge in [-0.15, -0.1) is 0 Å². The first-order valence-corrected chi connectivity index (χ1v) is 6.58. The molecule has 1 atom stereocenters. The van der Waals surface area contributed by atoms with Gasteiger partial charge < -0.3 is 15.0 Å². The standard InChI is InChI=1S/C15H18N4O2/c1-11(21-12-7-5-4-6-8-12)15(20)18-13-9-16-10-17-14(13)19(2)3/h4-11H,1-3H3,(H,18,20)/t11-/m1/s1. The van der Waals surface area contributed by atoms with Crippen molar-refractivity contribution in [3.05, 3.63) is 42.9 Å². The van der Waals surface area contributed by atoms with Crippen LogP contribution in [0.4, 0.5) is 11.5 Å². The van der Waals surface area contributed by atoms with Crippen molar-refractivity contribution in [1.29, 1.82) is 0 Å². The number of rotatable bonds is 5. The maximum absolute atomic E-state index is 12.2. The predicted octanol–water partition coefficient (Wildman–Crippen LogP) is 1.95. The maximum Gasteiger partial charge on any atom is 0.265 e. The van der Waals surface area contributed by atoms with Gasteiger partial charge in [0.15, 0.2) is 11.9 Å². The van der Waals surface area contributed by atoms with Crippen LogP contribution in [0.1, 0.15) is 6.92 Å². The summed E-state index contributed by atoms with van der Waals surface area (Å²) in [5, 5.41) is 2.78. The molecule has 2 aromatic rings. The average molecular weight is 286 g/mol. The van der Waals surface area contributed by atoms with Crippen LogP contribution in [-0.2, 0) is 4.79 Å². The molecule has 0 saturated heterocycles. The van der Waals surface area contributed by atoms with E-state index in [0.29, 0.717) is 17.3 Å². The average Bonchev–Trinajstić information content (AvgIpc) is 2.48. The van der Waals surface area contributed by atoms with Crippen LogP contribution in [0.2, 0.25) is 0 Å². The first kappa shape index (κ1) is 14.8. The van der Waals surface area contributed by atoms with Crippen LogP contribution in [0.25, 0.3) is 0 Å². The number of ether oxygens (including phenoxy) is 1. The second-order valence-corrected chi connectivity index (χ2v) is 4.72. The van der Waals surface area contributed by atoms with E-state index >= 15 is 0 Å². The molecule has 0 fully saturated rings. The number of hydrogen-bond donors (Lipinski definition) is 1. The zero-order chi connectivity index (χ0) is 15.2. The Morgan fingerprint density at radius 1 is 1.29 bits per heavy atom. The molecule has 0 radical (unpaired) electrons. The molecule has 6 heteroatoms. The molecule has 1 aromatic heterocycles. The first-order chi connectivity index (χ1) is 10.1. The molecule has 1 N–H and O–H groups in total. The summed E-state index contributed by atoms with van der Waals surface area (Å²) in [6.45, 7) is 1.70. The van der Waals surface area contributed by atoms with Crippen LogP contribution in [0.5, 0.6) is 5.75 Å². The number of nitrogens with one attached hydrogen (secondary N) is 1. The van der Waals surface area contributed by atoms with Crippen LogP contribution >= 0.6 is 0 Å². The van der Waals surface area contributed by atoms with Crippen LogP contribution in [0, 0.1) is 0 Å². The van der Waals surface area contributed by atoms with Gasteiger partial charge >= 0.3 is 0 Å². The monoisotopic (exact) mass is 286 g/mol. The van der Waals surface area contributed by atoms with Gasteiger partial charge in [0, 0.05) is 14.1 Å². The summed E-state index contributed by atoms with van der Waals surface area (Å²) < 4.78 is 5.58. The summed E-state index contributed by atoms with van der Waals surface area (Å²) in [5.41, 5.74) is 0.552. The van der Waals surface area contributed by atoms with Gasteiger partial charge in [0.05, 0.1) is 6.20 Å². The molecule has 6 nitrogen and oxygen atoms in total. The molecular weight excluding hydrogens is 268 g/mol. The number of carbonyl (C=O) groups is 1. The summed E-state index contributed by atoms with van der Waals surface area (Å²) in [5.74, 6) is 1.04. The lowest BCUT2D eigenvalue weighted by Crippen LogP contribution is -2.31. The number of carbonyl (C=O) groups excluding carboxylic acids is 1. The number of nitrogens with zero attached hydrogens (tertiary/aromatic N) is 3. The fourth-order valence-electron chi connectivity index (χ4n) is 1.76. The van der Waals surface area contributed by atoms with Crippen molar-refractivity contribution < 1.29 is 9.53 Å². The van der Waals surface area contributed by atoms with Gasteiger partial charge in [-0.3, -0.25) is 4.79 Å². The predicted molar refractivity (Wildman–Crippen MR) is 81.5 cm³/mol. The van der Waals surface area contributed by atoms with Crippen LogP contribution in [0.3, 0.4) is 0 Å². The summed E-state index contributed by atoms with van der Waals surface area (Å²) in [4.78, 5) is 22.1. The van der Waals surface area contributed by atoms with E-state index in [1.54, 1.807) is 30.2 Å². The van der Waals surface area contributed by atoms with Gasteiger partial charge in [-0.25, -0.2) is 9.97 Å². The second kappa shape index (κ2) is 6.69. The summed E-state index contributed by atoms with van der Waals surface area (Å²) in [7, 11) is 3.70. The molecule has 0 bridgehead atoms. The number of anilines is 2. The minimum absolute atomic E-state index is 0.253. The van der Waals surface area contributed by atoms with E-state index in [1.807, 2.05) is 32.3 Å². The van der Waals surface area contributed by atoms with Crippen molar-refractivity contribution in [2.75, 3.05) is 24.3 Å². The molecule has 1 amide bonds. The molecule has 0 spiro atoms. The van der Waals surface area contributed by atoms with E-state index in [-0.39, 0.29) is 5.91 Å². The van der Waals surface area contributed by atoms with Crippen LogP contribution in [0.15, 0.2) is 42.9 Å². The number of hydrogen-bond acceptors (Lipinski definition) is 5. The van der Waals surface area contributed by atoms with Crippen molar-refractivity contribution in [2.45, 2.75) is 13.0 Å². The molecule has 0 saturated carbocycles. The fraction of sp³-hybridized carbons (Fsp3) is 0.267. The highest BCUT2D eigenvalue weighted by molar-refractivity contribution is 5.96. The summed E-state index contributed by atoms with van der Waals surface area (Å²) in [6, 6.07) is 9.22. The minimum Gasteiger partial charge on any atom is -0.481 e. The number of para-hydroxylation sites is 1. The lowest BCUT2D eigenvalue weighted by Gasteiger charge is -2.18. The van der Waals surface area contributed by atoms with E-state index < -0.39 is 6.10 Å². The number of benzene rings is 1. The van der Waals surface area contributed by atoms with Crippen molar-refractivity contribution >= 4 is 17.4 Å². The highest BCUT2D eigenvalue weighted by Crippen LogP contribution is 2.20. The molecule has 2 rings (SSSR count). The van der Waals surface area contributed by atoms with Crippen molar-refractivity contribution in [2.24, 2.45) is 0 Å². The van der Waals surface area contributed by atoms with E-state index in [0.717, 1.165) is 0 Å². The molecule has 21 heavy (non-hydrogen) atoms. The van der Waals surface area contributed by atoms with Gasteiger partial charge in [0.25, 0.3) is 5.91 Å². The summed E-state index contributed by atoms with van der Waals surface area (Å²) in [6.07, 6.45) is 2.38. The molecule has 0 aliphatic rings. The van der Waals surface area contributed by atoms with E-state index in [9.17, 15) is 4.79 Å². The third kappa shape index (κ3) is 3.92. The number of aromatic nitrogens is 2.